The summed E-state index contributed by atoms with van der Waals surface area (Å²) >= 11 is 18.3. The van der Waals surface area contributed by atoms with Crippen molar-refractivity contribution in [1.82, 2.24) is 5.32 Å². The molecule has 0 aliphatic rings. The molecule has 0 aliphatic carbocycles. The van der Waals surface area contributed by atoms with E-state index in [4.69, 9.17) is 39.5 Å². The van der Waals surface area contributed by atoms with Gasteiger partial charge in [-0.05, 0) is 35.7 Å². The number of ether oxygens (including phenoxy) is 1. The van der Waals surface area contributed by atoms with E-state index in [1.165, 1.54) is 0 Å². The van der Waals surface area contributed by atoms with Crippen LogP contribution in [-0.2, 0) is 0 Å². The van der Waals surface area contributed by atoms with Crippen molar-refractivity contribution in [3.63, 3.8) is 0 Å². The van der Waals surface area contributed by atoms with E-state index in [0.717, 1.165) is 16.5 Å². The van der Waals surface area contributed by atoms with Gasteiger partial charge in [-0.25, -0.2) is 0 Å². The molecule has 0 spiro atoms. The van der Waals surface area contributed by atoms with Crippen LogP contribution in [0.4, 0.5) is 5.69 Å². The van der Waals surface area contributed by atoms with Crippen LogP contribution in [0.25, 0.3) is 10.8 Å². The SMILES string of the molecule is COc1ccc(C(=O)NC(Nc2cccc3ccccc23)C(Cl)(Cl)Cl)cc1. The summed E-state index contributed by atoms with van der Waals surface area (Å²) in [4.78, 5) is 12.6. The van der Waals surface area contributed by atoms with E-state index in [0.29, 0.717) is 11.3 Å². The maximum absolute atomic E-state index is 12.6. The Labute approximate surface area is 172 Å². The minimum atomic E-state index is -1.76. The lowest BCUT2D eigenvalue weighted by molar-refractivity contribution is 0.0942. The van der Waals surface area contributed by atoms with Gasteiger partial charge in [0.15, 0.2) is 0 Å². The number of amides is 1. The van der Waals surface area contributed by atoms with Crippen LogP contribution >= 0.6 is 34.8 Å². The van der Waals surface area contributed by atoms with Gasteiger partial charge in [0, 0.05) is 16.6 Å². The highest BCUT2D eigenvalue weighted by atomic mass is 35.6. The highest BCUT2D eigenvalue weighted by Crippen LogP contribution is 2.33. The molecule has 1 unspecified atom stereocenters. The molecule has 0 aromatic heterocycles. The molecule has 3 aromatic rings. The van der Waals surface area contributed by atoms with E-state index in [1.807, 2.05) is 42.5 Å². The predicted molar refractivity (Wildman–Crippen MR) is 112 cm³/mol. The van der Waals surface area contributed by atoms with Crippen molar-refractivity contribution in [3.8, 4) is 5.75 Å². The van der Waals surface area contributed by atoms with Crippen LogP contribution in [0, 0.1) is 0 Å². The topological polar surface area (TPSA) is 50.4 Å². The van der Waals surface area contributed by atoms with Gasteiger partial charge in [-0.15, -0.1) is 0 Å². The summed E-state index contributed by atoms with van der Waals surface area (Å²) in [5.74, 6) is 0.278. The molecular weight excluding hydrogens is 407 g/mol. The van der Waals surface area contributed by atoms with Crippen LogP contribution in [0.15, 0.2) is 66.7 Å². The van der Waals surface area contributed by atoms with Crippen molar-refractivity contribution in [2.24, 2.45) is 0 Å². The third-order valence-corrected chi connectivity index (χ3v) is 4.70. The minimum absolute atomic E-state index is 0.373. The third-order valence-electron chi connectivity index (χ3n) is 4.04. The van der Waals surface area contributed by atoms with Gasteiger partial charge in [0.1, 0.15) is 11.9 Å². The molecule has 0 saturated carbocycles. The zero-order valence-electron chi connectivity index (χ0n) is 14.4. The van der Waals surface area contributed by atoms with Crippen molar-refractivity contribution in [3.05, 3.63) is 72.3 Å². The lowest BCUT2D eigenvalue weighted by atomic mass is 10.1. The molecule has 1 atom stereocenters. The van der Waals surface area contributed by atoms with Crippen LogP contribution in [0.2, 0.25) is 0 Å². The molecule has 27 heavy (non-hydrogen) atoms. The Morgan fingerprint density at radius 1 is 0.963 bits per heavy atom. The third kappa shape index (κ3) is 4.78. The van der Waals surface area contributed by atoms with E-state index >= 15 is 0 Å². The molecule has 1 amide bonds. The highest BCUT2D eigenvalue weighted by molar-refractivity contribution is 6.68. The molecule has 0 bridgehead atoms. The summed E-state index contributed by atoms with van der Waals surface area (Å²) in [6.07, 6.45) is -0.942. The molecule has 0 fully saturated rings. The number of anilines is 1. The molecule has 0 heterocycles. The van der Waals surface area contributed by atoms with Crippen molar-refractivity contribution in [2.75, 3.05) is 12.4 Å². The first-order valence-electron chi connectivity index (χ1n) is 8.14. The lowest BCUT2D eigenvalue weighted by Crippen LogP contribution is -2.49. The normalized spacial score (nSPS) is 12.4. The molecule has 140 valence electrons. The van der Waals surface area contributed by atoms with Gasteiger partial charge >= 0.3 is 0 Å². The van der Waals surface area contributed by atoms with E-state index in [1.54, 1.807) is 31.4 Å². The number of hydrogen-bond donors (Lipinski definition) is 2. The molecule has 2 N–H and O–H groups in total. The summed E-state index contributed by atoms with van der Waals surface area (Å²) in [7, 11) is 1.56. The number of nitrogens with one attached hydrogen (secondary N) is 2. The Balaban J connectivity index is 1.84. The summed E-state index contributed by atoms with van der Waals surface area (Å²) in [5.41, 5.74) is 1.18. The lowest BCUT2D eigenvalue weighted by Gasteiger charge is -2.28. The van der Waals surface area contributed by atoms with Crippen LogP contribution in [0.3, 0.4) is 0 Å². The second-order valence-corrected chi connectivity index (χ2v) is 8.22. The molecule has 4 nitrogen and oxygen atoms in total. The summed E-state index contributed by atoms with van der Waals surface area (Å²) in [6.45, 7) is 0. The largest absolute Gasteiger partial charge is 0.497 e. The number of halogens is 3. The number of carbonyl (C=O) groups is 1. The zero-order valence-corrected chi connectivity index (χ0v) is 16.6. The van der Waals surface area contributed by atoms with Crippen LogP contribution < -0.4 is 15.4 Å². The number of alkyl halides is 3. The van der Waals surface area contributed by atoms with Gasteiger partial charge in [0.25, 0.3) is 5.91 Å². The predicted octanol–water partition coefficient (Wildman–Crippen LogP) is 5.39. The summed E-state index contributed by atoms with van der Waals surface area (Å²) in [5, 5.41) is 7.86. The second kappa shape index (κ2) is 8.26. The fourth-order valence-corrected chi connectivity index (χ4v) is 2.99. The van der Waals surface area contributed by atoms with Crippen LogP contribution in [0.1, 0.15) is 10.4 Å². The second-order valence-electron chi connectivity index (χ2n) is 5.85. The number of rotatable bonds is 5. The Hall–Kier alpha value is -2.14. The van der Waals surface area contributed by atoms with Gasteiger partial charge < -0.3 is 15.4 Å². The summed E-state index contributed by atoms with van der Waals surface area (Å²) in [6, 6.07) is 20.2. The van der Waals surface area contributed by atoms with E-state index in [2.05, 4.69) is 10.6 Å². The summed E-state index contributed by atoms with van der Waals surface area (Å²) < 4.78 is 3.33. The Morgan fingerprint density at radius 2 is 1.63 bits per heavy atom. The number of methoxy groups -OCH3 is 1. The smallest absolute Gasteiger partial charge is 0.252 e. The molecule has 7 heteroatoms. The number of carbonyl (C=O) groups excluding carboxylic acids is 1. The van der Waals surface area contributed by atoms with E-state index in [9.17, 15) is 4.79 Å². The molecular formula is C20H17Cl3N2O2. The van der Waals surface area contributed by atoms with Gasteiger partial charge in [-0.2, -0.15) is 0 Å². The average Bonchev–Trinajstić information content (AvgIpc) is 2.67. The van der Waals surface area contributed by atoms with Crippen LogP contribution in [-0.4, -0.2) is 23.0 Å². The Bertz CT molecular complexity index is 935. The highest BCUT2D eigenvalue weighted by Gasteiger charge is 2.34. The van der Waals surface area contributed by atoms with Crippen molar-refractivity contribution >= 4 is 57.2 Å². The minimum Gasteiger partial charge on any atom is -0.497 e. The van der Waals surface area contributed by atoms with Crippen molar-refractivity contribution in [1.29, 1.82) is 0 Å². The monoisotopic (exact) mass is 422 g/mol. The molecule has 0 saturated heterocycles. The Morgan fingerprint density at radius 3 is 2.30 bits per heavy atom. The number of fused-ring (bicyclic) bond motifs is 1. The molecule has 0 radical (unpaired) electrons. The first-order valence-corrected chi connectivity index (χ1v) is 9.28. The van der Waals surface area contributed by atoms with Crippen molar-refractivity contribution < 1.29 is 9.53 Å². The van der Waals surface area contributed by atoms with E-state index in [-0.39, 0.29) is 5.91 Å². The maximum atomic E-state index is 12.6. The van der Waals surface area contributed by atoms with Gasteiger partial charge in [-0.1, -0.05) is 71.2 Å². The average molecular weight is 424 g/mol. The molecule has 3 aromatic carbocycles. The van der Waals surface area contributed by atoms with Crippen molar-refractivity contribution in [2.45, 2.75) is 9.96 Å². The quantitative estimate of drug-likeness (QED) is 0.427. The first-order chi connectivity index (χ1) is 12.9. The van der Waals surface area contributed by atoms with E-state index < -0.39 is 9.96 Å². The van der Waals surface area contributed by atoms with Gasteiger partial charge in [0.2, 0.25) is 3.79 Å². The molecule has 3 rings (SSSR count). The Kier molecular flexibility index (Phi) is 6.00. The first kappa shape index (κ1) is 19.6. The fraction of sp³-hybridized carbons (Fsp3) is 0.150. The van der Waals surface area contributed by atoms with Crippen LogP contribution in [0.5, 0.6) is 5.75 Å². The number of benzene rings is 3. The maximum Gasteiger partial charge on any atom is 0.252 e. The zero-order chi connectivity index (χ0) is 19.4. The van der Waals surface area contributed by atoms with Gasteiger partial charge in [0.05, 0.1) is 7.11 Å². The number of hydrogen-bond acceptors (Lipinski definition) is 3. The molecule has 0 aliphatic heterocycles. The fourth-order valence-electron chi connectivity index (χ4n) is 2.66. The standard InChI is InChI=1S/C20H17Cl3N2O2/c1-27-15-11-9-14(10-12-15)18(26)25-19(20(21,22)23)24-17-8-4-6-13-5-2-3-7-16(13)17/h2-12,19,24H,1H3,(H,25,26). The van der Waals surface area contributed by atoms with Gasteiger partial charge in [-0.3, -0.25) is 4.79 Å².